The lowest BCUT2D eigenvalue weighted by atomic mass is 9.49. The topological polar surface area (TPSA) is 155 Å². The Hall–Kier alpha value is -5.29. The van der Waals surface area contributed by atoms with Gasteiger partial charge in [-0.25, -0.2) is 0 Å². The van der Waals surface area contributed by atoms with E-state index in [1.807, 2.05) is 36.4 Å². The summed E-state index contributed by atoms with van der Waals surface area (Å²) in [5.41, 5.74) is 4.20. The summed E-state index contributed by atoms with van der Waals surface area (Å²) in [4.78, 5) is 72.7. The largest absolute Gasteiger partial charge is 0.489 e. The van der Waals surface area contributed by atoms with E-state index in [0.29, 0.717) is 58.2 Å². The van der Waals surface area contributed by atoms with Crippen molar-refractivity contribution >= 4 is 46.8 Å². The van der Waals surface area contributed by atoms with Crippen LogP contribution in [0.2, 0.25) is 5.02 Å². The number of halogens is 1. The molecule has 59 heavy (non-hydrogen) atoms. The number of carbonyl (C=O) groups is 5. The maximum absolute atomic E-state index is 13.5. The zero-order chi connectivity index (χ0) is 41.5. The Morgan fingerprint density at radius 3 is 2.05 bits per heavy atom. The van der Waals surface area contributed by atoms with Crippen LogP contribution in [0.15, 0.2) is 54.6 Å². The number of piperidine rings is 2. The molecule has 3 aromatic carbocycles. The van der Waals surface area contributed by atoms with Crippen LogP contribution in [0.5, 0.6) is 5.75 Å². The van der Waals surface area contributed by atoms with Crippen molar-refractivity contribution in [3.8, 4) is 11.8 Å². The molecule has 1 atom stereocenters. The summed E-state index contributed by atoms with van der Waals surface area (Å²) in [5.74, 6) is -1.43. The van der Waals surface area contributed by atoms with E-state index in [2.05, 4.69) is 59.1 Å². The van der Waals surface area contributed by atoms with Crippen LogP contribution >= 0.6 is 11.6 Å². The van der Waals surface area contributed by atoms with Crippen molar-refractivity contribution in [1.82, 2.24) is 25.3 Å². The number of hydrogen-bond donors (Lipinski definition) is 2. The van der Waals surface area contributed by atoms with Crippen molar-refractivity contribution in [2.24, 2.45) is 10.8 Å². The van der Waals surface area contributed by atoms with Gasteiger partial charge in [0.2, 0.25) is 11.8 Å². The molecule has 13 nitrogen and oxygen atoms in total. The summed E-state index contributed by atoms with van der Waals surface area (Å²) in [6, 6.07) is 18.5. The van der Waals surface area contributed by atoms with E-state index in [0.717, 1.165) is 60.7 Å². The zero-order valence-electron chi connectivity index (χ0n) is 33.7. The fourth-order valence-electron chi connectivity index (χ4n) is 10.8. The van der Waals surface area contributed by atoms with Gasteiger partial charge in [-0.05, 0) is 78.9 Å². The Bertz CT molecular complexity index is 2260. The van der Waals surface area contributed by atoms with Crippen molar-refractivity contribution in [2.75, 3.05) is 31.1 Å². The van der Waals surface area contributed by atoms with Crippen molar-refractivity contribution < 1.29 is 28.7 Å². The smallest absolute Gasteiger partial charge is 0.262 e. The molecule has 1 saturated carbocycles. The van der Waals surface area contributed by atoms with Gasteiger partial charge in [-0.15, -0.1) is 0 Å². The molecule has 5 heterocycles. The van der Waals surface area contributed by atoms with Crippen LogP contribution in [0.4, 0.5) is 5.69 Å². The molecule has 306 valence electrons. The lowest BCUT2D eigenvalue weighted by Gasteiger charge is -2.63. The SMILES string of the molecule is CC1(C)C(NC(=O)c2ccc(N3CCC(N4CC(N5Cc6cc7c(cc6C5)C(=O)N(C5CCC(=O)NC5=O)C7=O)C4)CC3)cc2)C(C)(C)C1Oc1ccc(C#N)c(Cl)c1. The van der Waals surface area contributed by atoms with Gasteiger partial charge in [0.15, 0.2) is 0 Å². The van der Waals surface area contributed by atoms with E-state index in [-0.39, 0.29) is 47.6 Å². The Labute approximate surface area is 348 Å². The second kappa shape index (κ2) is 14.5. The summed E-state index contributed by atoms with van der Waals surface area (Å²) in [6.07, 6.45) is 2.17. The standard InChI is InChI=1S/C45H48ClN7O6/c1-44(2)42(45(3,4)43(44)59-32-10-7-26(20-47)35(46)19-32)49-38(55)25-5-8-29(9-6-25)50-15-13-30(14-16-50)52-23-31(24-52)51-21-27-17-33-34(18-28(27)22-51)41(58)53(40(33)57)36-11-12-37(54)48-39(36)56/h5-10,17-19,30-31,36,42-43H,11-16,21-24H2,1-4H3,(H,49,55)(H,48,54,56). The maximum atomic E-state index is 13.5. The highest BCUT2D eigenvalue weighted by Crippen LogP contribution is 2.55. The first kappa shape index (κ1) is 39.2. The molecule has 0 spiro atoms. The van der Waals surface area contributed by atoms with Crippen molar-refractivity contribution in [3.05, 3.63) is 93.0 Å². The van der Waals surface area contributed by atoms with Crippen molar-refractivity contribution in [1.29, 1.82) is 5.26 Å². The first-order valence-corrected chi connectivity index (χ1v) is 20.9. The summed E-state index contributed by atoms with van der Waals surface area (Å²) >= 11 is 6.25. The molecule has 9 rings (SSSR count). The second-order valence-corrected chi connectivity index (χ2v) is 18.6. The summed E-state index contributed by atoms with van der Waals surface area (Å²) in [7, 11) is 0. The summed E-state index contributed by atoms with van der Waals surface area (Å²) in [5, 5.41) is 15.1. The van der Waals surface area contributed by atoms with Crippen LogP contribution in [0.3, 0.4) is 0 Å². The number of amides is 5. The molecule has 5 amide bonds. The highest BCUT2D eigenvalue weighted by Gasteiger charge is 2.64. The molecule has 0 radical (unpaired) electrons. The van der Waals surface area contributed by atoms with Gasteiger partial charge in [0.1, 0.15) is 24.0 Å². The van der Waals surface area contributed by atoms with Gasteiger partial charge in [0, 0.05) is 92.0 Å². The Balaban J connectivity index is 0.739. The molecule has 6 aliphatic rings. The fourth-order valence-corrected chi connectivity index (χ4v) is 11.0. The number of rotatable bonds is 8. The number of ether oxygens (including phenoxy) is 1. The van der Waals surface area contributed by atoms with Crippen molar-refractivity contribution in [3.63, 3.8) is 0 Å². The first-order valence-electron chi connectivity index (χ1n) is 20.5. The molecular formula is C45H48ClN7O6. The molecule has 0 aromatic heterocycles. The third-order valence-electron chi connectivity index (χ3n) is 13.8. The first-order chi connectivity index (χ1) is 28.1. The number of carbonyl (C=O) groups excluding carboxylic acids is 5. The number of benzene rings is 3. The number of likely N-dealkylation sites (tertiary alicyclic amines) is 1. The Morgan fingerprint density at radius 2 is 1.47 bits per heavy atom. The van der Waals surface area contributed by atoms with E-state index < -0.39 is 23.8 Å². The second-order valence-electron chi connectivity index (χ2n) is 18.2. The van der Waals surface area contributed by atoms with E-state index >= 15 is 0 Å². The monoisotopic (exact) mass is 817 g/mol. The number of fused-ring (bicyclic) bond motifs is 2. The van der Waals surface area contributed by atoms with Crippen LogP contribution in [0, 0.1) is 22.2 Å². The molecule has 3 saturated heterocycles. The van der Waals surface area contributed by atoms with E-state index in [9.17, 15) is 29.2 Å². The third-order valence-corrected chi connectivity index (χ3v) is 14.1. The number of nitriles is 1. The lowest BCUT2D eigenvalue weighted by Crippen LogP contribution is -2.74. The minimum Gasteiger partial charge on any atom is -0.489 e. The van der Waals surface area contributed by atoms with Crippen molar-refractivity contribution in [2.45, 2.75) is 96.7 Å². The summed E-state index contributed by atoms with van der Waals surface area (Å²) in [6.45, 7) is 13.7. The molecule has 2 N–H and O–H groups in total. The Morgan fingerprint density at radius 1 is 0.847 bits per heavy atom. The van der Waals surface area contributed by atoms with Crippen LogP contribution in [-0.2, 0) is 22.7 Å². The molecular weight excluding hydrogens is 770 g/mol. The molecule has 1 aliphatic carbocycles. The van der Waals surface area contributed by atoms with Gasteiger partial charge in [-0.2, -0.15) is 5.26 Å². The highest BCUT2D eigenvalue weighted by molar-refractivity contribution is 6.31. The number of nitrogens with one attached hydrogen (secondary N) is 2. The predicted molar refractivity (Wildman–Crippen MR) is 219 cm³/mol. The van der Waals surface area contributed by atoms with E-state index in [4.69, 9.17) is 16.3 Å². The van der Waals surface area contributed by atoms with Gasteiger partial charge >= 0.3 is 0 Å². The van der Waals surface area contributed by atoms with Crippen LogP contribution in [-0.4, -0.2) is 101 Å². The third kappa shape index (κ3) is 6.66. The molecule has 5 aliphatic heterocycles. The Kier molecular flexibility index (Phi) is 9.61. The van der Waals surface area contributed by atoms with Gasteiger partial charge in [-0.1, -0.05) is 39.3 Å². The highest BCUT2D eigenvalue weighted by atomic mass is 35.5. The van der Waals surface area contributed by atoms with Gasteiger partial charge in [0.05, 0.1) is 21.7 Å². The van der Waals surface area contributed by atoms with E-state index in [1.165, 1.54) is 0 Å². The summed E-state index contributed by atoms with van der Waals surface area (Å²) < 4.78 is 6.38. The number of hydrogen-bond acceptors (Lipinski definition) is 10. The molecule has 3 aromatic rings. The number of anilines is 1. The lowest BCUT2D eigenvalue weighted by molar-refractivity contribution is -0.164. The predicted octanol–water partition coefficient (Wildman–Crippen LogP) is 4.89. The van der Waals surface area contributed by atoms with Crippen LogP contribution < -0.4 is 20.3 Å². The van der Waals surface area contributed by atoms with Gasteiger partial charge in [-0.3, -0.25) is 44.0 Å². The molecule has 0 bridgehead atoms. The molecule has 1 unspecified atom stereocenters. The van der Waals surface area contributed by atoms with Gasteiger partial charge < -0.3 is 15.0 Å². The zero-order valence-corrected chi connectivity index (χ0v) is 34.5. The molecule has 4 fully saturated rings. The fraction of sp³-hybridized carbons (Fsp3) is 0.467. The minimum atomic E-state index is -0.961. The minimum absolute atomic E-state index is 0.0984. The van der Waals surface area contributed by atoms with Crippen LogP contribution in [0.25, 0.3) is 0 Å². The van der Waals surface area contributed by atoms with Gasteiger partial charge in [0.25, 0.3) is 17.7 Å². The molecule has 14 heteroatoms. The maximum Gasteiger partial charge on any atom is 0.262 e. The quantitative estimate of drug-likeness (QED) is 0.300. The number of imide groups is 2. The average molecular weight is 818 g/mol. The van der Waals surface area contributed by atoms with E-state index in [1.54, 1.807) is 18.2 Å². The van der Waals surface area contributed by atoms with Crippen LogP contribution in [0.1, 0.15) is 101 Å². The normalized spacial score (nSPS) is 25.5. The number of nitrogens with zero attached hydrogens (tertiary/aromatic N) is 5. The average Bonchev–Trinajstić information content (AvgIpc) is 3.71.